The van der Waals surface area contributed by atoms with Crippen LogP contribution in [0.5, 0.6) is 5.75 Å². The Labute approximate surface area is 130 Å². The standard InChI is InChI=1S/C17H20N2O3/c1-14-5-3-8-17(11-14)22-10-9-18(2)13-15-6-4-7-16(12-15)19(20)21/h3-8,11-12H,9-10,13H2,1-2H3. The minimum atomic E-state index is -0.371. The van der Waals surface area contributed by atoms with E-state index in [-0.39, 0.29) is 10.6 Å². The highest BCUT2D eigenvalue weighted by molar-refractivity contribution is 5.34. The Morgan fingerprint density at radius 1 is 1.18 bits per heavy atom. The van der Waals surface area contributed by atoms with E-state index in [0.29, 0.717) is 13.2 Å². The highest BCUT2D eigenvalue weighted by Gasteiger charge is 2.07. The smallest absolute Gasteiger partial charge is 0.269 e. The average molecular weight is 300 g/mol. The van der Waals surface area contributed by atoms with E-state index in [4.69, 9.17) is 4.74 Å². The van der Waals surface area contributed by atoms with Crippen LogP contribution in [0.1, 0.15) is 11.1 Å². The van der Waals surface area contributed by atoms with Crippen LogP contribution in [0, 0.1) is 17.0 Å². The Bertz CT molecular complexity index is 643. The van der Waals surface area contributed by atoms with E-state index in [9.17, 15) is 10.1 Å². The zero-order valence-electron chi connectivity index (χ0n) is 12.9. The van der Waals surface area contributed by atoms with Crippen molar-refractivity contribution < 1.29 is 9.66 Å². The highest BCUT2D eigenvalue weighted by atomic mass is 16.6. The predicted octanol–water partition coefficient (Wildman–Crippen LogP) is 3.41. The van der Waals surface area contributed by atoms with Crippen molar-refractivity contribution in [3.63, 3.8) is 0 Å². The van der Waals surface area contributed by atoms with Crippen molar-refractivity contribution in [1.29, 1.82) is 0 Å². The number of rotatable bonds is 7. The molecule has 2 rings (SSSR count). The zero-order chi connectivity index (χ0) is 15.9. The lowest BCUT2D eigenvalue weighted by Gasteiger charge is -2.17. The first-order chi connectivity index (χ1) is 10.5. The lowest BCUT2D eigenvalue weighted by molar-refractivity contribution is -0.384. The number of hydrogen-bond acceptors (Lipinski definition) is 4. The number of nitro benzene ring substituents is 1. The van der Waals surface area contributed by atoms with E-state index in [1.54, 1.807) is 12.1 Å². The molecule has 0 heterocycles. The molecule has 0 radical (unpaired) electrons. The number of nitrogens with zero attached hydrogens (tertiary/aromatic N) is 2. The van der Waals surface area contributed by atoms with Gasteiger partial charge in [-0.05, 0) is 37.2 Å². The van der Waals surface area contributed by atoms with Gasteiger partial charge in [-0.25, -0.2) is 0 Å². The highest BCUT2D eigenvalue weighted by Crippen LogP contribution is 2.15. The van der Waals surface area contributed by atoms with Gasteiger partial charge < -0.3 is 4.74 Å². The first-order valence-corrected chi connectivity index (χ1v) is 7.16. The SMILES string of the molecule is Cc1cccc(OCCN(C)Cc2cccc([N+](=O)[O-])c2)c1. The number of nitro groups is 1. The van der Waals surface area contributed by atoms with Gasteiger partial charge in [0.2, 0.25) is 0 Å². The van der Waals surface area contributed by atoms with Gasteiger partial charge in [-0.1, -0.05) is 24.3 Å². The van der Waals surface area contributed by atoms with Crippen molar-refractivity contribution >= 4 is 5.69 Å². The lowest BCUT2D eigenvalue weighted by Crippen LogP contribution is -2.23. The molecule has 2 aromatic rings. The van der Waals surface area contributed by atoms with Crippen LogP contribution >= 0.6 is 0 Å². The minimum Gasteiger partial charge on any atom is -0.492 e. The summed E-state index contributed by atoms with van der Waals surface area (Å²) in [6.07, 6.45) is 0. The molecule has 116 valence electrons. The van der Waals surface area contributed by atoms with E-state index in [2.05, 4.69) is 4.90 Å². The molecule has 5 nitrogen and oxygen atoms in total. The fourth-order valence-corrected chi connectivity index (χ4v) is 2.18. The first-order valence-electron chi connectivity index (χ1n) is 7.16. The molecule has 22 heavy (non-hydrogen) atoms. The second kappa shape index (κ2) is 7.56. The summed E-state index contributed by atoms with van der Waals surface area (Å²) in [5.41, 5.74) is 2.22. The summed E-state index contributed by atoms with van der Waals surface area (Å²) in [4.78, 5) is 12.5. The number of ether oxygens (including phenoxy) is 1. The number of benzene rings is 2. The van der Waals surface area contributed by atoms with Crippen LogP contribution in [0.25, 0.3) is 0 Å². The second-order valence-corrected chi connectivity index (χ2v) is 5.33. The van der Waals surface area contributed by atoms with Gasteiger partial charge in [-0.15, -0.1) is 0 Å². The van der Waals surface area contributed by atoms with Gasteiger partial charge in [0.25, 0.3) is 5.69 Å². The predicted molar refractivity (Wildman–Crippen MR) is 86.1 cm³/mol. The maximum Gasteiger partial charge on any atom is 0.269 e. The molecule has 0 aromatic heterocycles. The van der Waals surface area contributed by atoms with E-state index < -0.39 is 0 Å². The molecule has 0 fully saturated rings. The van der Waals surface area contributed by atoms with Gasteiger partial charge in [0.05, 0.1) is 4.92 Å². The van der Waals surface area contributed by atoms with Crippen molar-refractivity contribution in [3.05, 3.63) is 69.8 Å². The maximum absolute atomic E-state index is 10.8. The molecular formula is C17H20N2O3. The first kappa shape index (κ1) is 16.0. The largest absolute Gasteiger partial charge is 0.492 e. The number of aryl methyl sites for hydroxylation is 1. The van der Waals surface area contributed by atoms with Crippen LogP contribution in [0.2, 0.25) is 0 Å². The summed E-state index contributed by atoms with van der Waals surface area (Å²) in [6, 6.07) is 14.7. The van der Waals surface area contributed by atoms with Crippen LogP contribution < -0.4 is 4.74 Å². The van der Waals surface area contributed by atoms with Crippen LogP contribution in [0.3, 0.4) is 0 Å². The Kier molecular flexibility index (Phi) is 5.49. The third-order valence-corrected chi connectivity index (χ3v) is 3.31. The van der Waals surface area contributed by atoms with E-state index >= 15 is 0 Å². The normalized spacial score (nSPS) is 10.7. The maximum atomic E-state index is 10.8. The van der Waals surface area contributed by atoms with Crippen molar-refractivity contribution in [2.45, 2.75) is 13.5 Å². The fraction of sp³-hybridized carbons (Fsp3) is 0.294. The third kappa shape index (κ3) is 4.86. The second-order valence-electron chi connectivity index (χ2n) is 5.33. The van der Waals surface area contributed by atoms with Crippen LogP contribution in [0.4, 0.5) is 5.69 Å². The number of hydrogen-bond donors (Lipinski definition) is 0. The Morgan fingerprint density at radius 3 is 2.68 bits per heavy atom. The molecule has 5 heteroatoms. The monoisotopic (exact) mass is 300 g/mol. The van der Waals surface area contributed by atoms with E-state index in [0.717, 1.165) is 17.9 Å². The Hall–Kier alpha value is -2.40. The summed E-state index contributed by atoms with van der Waals surface area (Å²) >= 11 is 0. The van der Waals surface area contributed by atoms with Gasteiger partial charge in [0.15, 0.2) is 0 Å². The van der Waals surface area contributed by atoms with Crippen LogP contribution in [0.15, 0.2) is 48.5 Å². The summed E-state index contributed by atoms with van der Waals surface area (Å²) in [5, 5.41) is 10.8. The summed E-state index contributed by atoms with van der Waals surface area (Å²) in [6.45, 7) is 4.01. The van der Waals surface area contributed by atoms with E-state index in [1.165, 1.54) is 11.6 Å². The van der Waals surface area contributed by atoms with E-state index in [1.807, 2.05) is 44.3 Å². The summed E-state index contributed by atoms with van der Waals surface area (Å²) in [5.74, 6) is 0.865. The number of non-ortho nitro benzene ring substituents is 1. The van der Waals surface area contributed by atoms with Crippen LogP contribution in [-0.4, -0.2) is 30.0 Å². The molecule has 0 N–H and O–H groups in total. The van der Waals surface area contributed by atoms with Crippen molar-refractivity contribution in [1.82, 2.24) is 4.90 Å². The molecule has 0 spiro atoms. The molecule has 0 atom stereocenters. The van der Waals surface area contributed by atoms with Crippen molar-refractivity contribution in [2.24, 2.45) is 0 Å². The minimum absolute atomic E-state index is 0.127. The molecule has 0 aliphatic rings. The van der Waals surface area contributed by atoms with Gasteiger partial charge in [0.1, 0.15) is 12.4 Å². The molecule has 0 bridgehead atoms. The Morgan fingerprint density at radius 2 is 1.95 bits per heavy atom. The van der Waals surface area contributed by atoms with Crippen molar-refractivity contribution in [3.8, 4) is 5.75 Å². The molecule has 0 saturated heterocycles. The molecule has 0 aliphatic heterocycles. The van der Waals surface area contributed by atoms with Gasteiger partial charge in [-0.2, -0.15) is 0 Å². The van der Waals surface area contributed by atoms with Crippen LogP contribution in [-0.2, 0) is 6.54 Å². The molecule has 0 unspecified atom stereocenters. The lowest BCUT2D eigenvalue weighted by atomic mass is 10.2. The third-order valence-electron chi connectivity index (χ3n) is 3.31. The molecule has 0 amide bonds. The molecule has 0 saturated carbocycles. The number of likely N-dealkylation sites (N-methyl/N-ethyl adjacent to an activating group) is 1. The topological polar surface area (TPSA) is 55.6 Å². The van der Waals surface area contributed by atoms with Gasteiger partial charge in [-0.3, -0.25) is 15.0 Å². The Balaban J connectivity index is 1.81. The van der Waals surface area contributed by atoms with Gasteiger partial charge >= 0.3 is 0 Å². The summed E-state index contributed by atoms with van der Waals surface area (Å²) in [7, 11) is 1.97. The molecule has 2 aromatic carbocycles. The molecule has 0 aliphatic carbocycles. The quantitative estimate of drug-likeness (QED) is 0.581. The summed E-state index contributed by atoms with van der Waals surface area (Å²) < 4.78 is 5.71. The average Bonchev–Trinajstić information content (AvgIpc) is 2.47. The molecular weight excluding hydrogens is 280 g/mol. The zero-order valence-corrected chi connectivity index (χ0v) is 12.9. The fourth-order valence-electron chi connectivity index (χ4n) is 2.18. The van der Waals surface area contributed by atoms with Crippen molar-refractivity contribution in [2.75, 3.05) is 20.2 Å². The van der Waals surface area contributed by atoms with Gasteiger partial charge in [0, 0.05) is 25.2 Å².